The summed E-state index contributed by atoms with van der Waals surface area (Å²) in [5.74, 6) is 0. The highest BCUT2D eigenvalue weighted by molar-refractivity contribution is 4.98. The number of rotatable bonds is 2. The summed E-state index contributed by atoms with van der Waals surface area (Å²) < 4.78 is 5.25. The molecule has 0 radical (unpaired) electrons. The lowest BCUT2D eigenvalue weighted by atomic mass is 10.4. The maximum absolute atomic E-state index is 5.25. The van der Waals surface area contributed by atoms with Gasteiger partial charge in [-0.05, 0) is 0 Å². The lowest BCUT2D eigenvalue weighted by Crippen LogP contribution is -2.24. The predicted octanol–water partition coefficient (Wildman–Crippen LogP) is 0.255. The molecule has 0 aromatic carbocycles. The summed E-state index contributed by atoms with van der Waals surface area (Å²) in [7, 11) is 0. The van der Waals surface area contributed by atoms with Crippen LogP contribution < -0.4 is 0 Å². The Hall–Kier alpha value is -0.340. The third-order valence-electron chi connectivity index (χ3n) is 1.95. The van der Waals surface area contributed by atoms with Gasteiger partial charge in [0.25, 0.3) is 0 Å². The van der Waals surface area contributed by atoms with Crippen LogP contribution in [0.2, 0.25) is 0 Å². The Balaban J connectivity index is 1.83. The average Bonchev–Trinajstić information content (AvgIpc) is 2.42. The summed E-state index contributed by atoms with van der Waals surface area (Å²) in [4.78, 5) is 2.37. The zero-order valence-corrected chi connectivity index (χ0v) is 5.42. The number of hydrogen-bond donors (Lipinski definition) is 0. The summed E-state index contributed by atoms with van der Waals surface area (Å²) in [5, 5.41) is 0. The van der Waals surface area contributed by atoms with Crippen molar-refractivity contribution in [2.45, 2.75) is 12.2 Å². The standard InChI is InChI=1S/C7H11NO/c1-2-3-8-4-6-7(5-8)9-6/h2,6-7H,1,3-5H2. The van der Waals surface area contributed by atoms with E-state index in [4.69, 9.17) is 4.74 Å². The van der Waals surface area contributed by atoms with Crippen molar-refractivity contribution in [1.29, 1.82) is 0 Å². The lowest BCUT2D eigenvalue weighted by Gasteiger charge is -2.12. The van der Waals surface area contributed by atoms with Gasteiger partial charge in [0.2, 0.25) is 0 Å². The van der Waals surface area contributed by atoms with E-state index in [1.54, 1.807) is 0 Å². The fourth-order valence-corrected chi connectivity index (χ4v) is 1.42. The van der Waals surface area contributed by atoms with Crippen LogP contribution >= 0.6 is 0 Å². The van der Waals surface area contributed by atoms with Crippen molar-refractivity contribution in [3.63, 3.8) is 0 Å². The largest absolute Gasteiger partial charge is 0.367 e. The number of epoxide rings is 1. The van der Waals surface area contributed by atoms with Crippen LogP contribution in [0.5, 0.6) is 0 Å². The normalized spacial score (nSPS) is 40.4. The molecule has 0 aromatic heterocycles. The number of fused-ring (bicyclic) bond motifs is 1. The molecule has 2 atom stereocenters. The third kappa shape index (κ3) is 0.884. The second-order valence-corrected chi connectivity index (χ2v) is 2.72. The molecule has 2 unspecified atom stereocenters. The molecule has 0 aromatic rings. The van der Waals surface area contributed by atoms with Crippen molar-refractivity contribution < 1.29 is 4.74 Å². The van der Waals surface area contributed by atoms with E-state index >= 15 is 0 Å². The Morgan fingerprint density at radius 3 is 2.78 bits per heavy atom. The van der Waals surface area contributed by atoms with E-state index in [1.807, 2.05) is 6.08 Å². The van der Waals surface area contributed by atoms with Gasteiger partial charge in [-0.25, -0.2) is 0 Å². The molecule has 0 bridgehead atoms. The van der Waals surface area contributed by atoms with Gasteiger partial charge in [-0.15, -0.1) is 6.58 Å². The summed E-state index contributed by atoms with van der Waals surface area (Å²) in [6, 6.07) is 0. The molecule has 2 fully saturated rings. The van der Waals surface area contributed by atoms with Crippen molar-refractivity contribution in [3.8, 4) is 0 Å². The van der Waals surface area contributed by atoms with Gasteiger partial charge >= 0.3 is 0 Å². The SMILES string of the molecule is C=CCN1CC2OC2C1. The van der Waals surface area contributed by atoms with Gasteiger partial charge in [0.1, 0.15) is 0 Å². The number of ether oxygens (including phenoxy) is 1. The van der Waals surface area contributed by atoms with Crippen LogP contribution in [-0.4, -0.2) is 36.7 Å². The number of nitrogens with zero attached hydrogens (tertiary/aromatic N) is 1. The Morgan fingerprint density at radius 1 is 1.56 bits per heavy atom. The van der Waals surface area contributed by atoms with Crippen LogP contribution in [0.4, 0.5) is 0 Å². The van der Waals surface area contributed by atoms with Gasteiger partial charge < -0.3 is 4.74 Å². The molecule has 2 aliphatic heterocycles. The van der Waals surface area contributed by atoms with Gasteiger partial charge in [-0.2, -0.15) is 0 Å². The summed E-state index contributed by atoms with van der Waals surface area (Å²) in [6.07, 6.45) is 3.10. The fraction of sp³-hybridized carbons (Fsp3) is 0.714. The van der Waals surface area contributed by atoms with Crippen LogP contribution in [0.3, 0.4) is 0 Å². The quantitative estimate of drug-likeness (QED) is 0.388. The molecule has 0 amide bonds. The maximum atomic E-state index is 5.25. The minimum atomic E-state index is 0.574. The van der Waals surface area contributed by atoms with E-state index in [2.05, 4.69) is 11.5 Å². The Labute approximate surface area is 55.1 Å². The first kappa shape index (κ1) is 5.45. The fourth-order valence-electron chi connectivity index (χ4n) is 1.42. The number of likely N-dealkylation sites (tertiary alicyclic amines) is 1. The second kappa shape index (κ2) is 1.82. The Morgan fingerprint density at radius 2 is 2.22 bits per heavy atom. The van der Waals surface area contributed by atoms with Crippen LogP contribution in [0.1, 0.15) is 0 Å². The molecule has 0 aliphatic carbocycles. The molecule has 0 spiro atoms. The smallest absolute Gasteiger partial charge is 0.0981 e. The third-order valence-corrected chi connectivity index (χ3v) is 1.95. The van der Waals surface area contributed by atoms with E-state index < -0.39 is 0 Å². The summed E-state index contributed by atoms with van der Waals surface area (Å²) in [6.45, 7) is 6.95. The van der Waals surface area contributed by atoms with Crippen molar-refractivity contribution in [1.82, 2.24) is 4.90 Å². The zero-order valence-electron chi connectivity index (χ0n) is 5.42. The Kier molecular flexibility index (Phi) is 1.10. The first-order valence-corrected chi connectivity index (χ1v) is 3.39. The van der Waals surface area contributed by atoms with E-state index in [-0.39, 0.29) is 0 Å². The van der Waals surface area contributed by atoms with Crippen LogP contribution in [-0.2, 0) is 4.74 Å². The van der Waals surface area contributed by atoms with Gasteiger partial charge in [-0.3, -0.25) is 4.90 Å². The molecule has 2 rings (SSSR count). The topological polar surface area (TPSA) is 15.8 Å². The molecule has 2 heterocycles. The average molecular weight is 125 g/mol. The van der Waals surface area contributed by atoms with Gasteiger partial charge in [0.15, 0.2) is 0 Å². The van der Waals surface area contributed by atoms with Gasteiger partial charge in [0, 0.05) is 19.6 Å². The van der Waals surface area contributed by atoms with Crippen molar-refractivity contribution in [2.24, 2.45) is 0 Å². The predicted molar refractivity (Wildman–Crippen MR) is 35.3 cm³/mol. The first-order valence-electron chi connectivity index (χ1n) is 3.39. The molecule has 0 saturated carbocycles. The van der Waals surface area contributed by atoms with E-state index in [1.165, 1.54) is 0 Å². The lowest BCUT2D eigenvalue weighted by molar-refractivity contribution is 0.218. The number of morpholine rings is 1. The van der Waals surface area contributed by atoms with Gasteiger partial charge in [0.05, 0.1) is 12.2 Å². The molecule has 2 aliphatic rings. The van der Waals surface area contributed by atoms with Crippen molar-refractivity contribution in [3.05, 3.63) is 12.7 Å². The highest BCUT2D eigenvalue weighted by atomic mass is 16.6. The molecular weight excluding hydrogens is 114 g/mol. The molecule has 2 heteroatoms. The summed E-state index contributed by atoms with van der Waals surface area (Å²) >= 11 is 0. The molecule has 0 N–H and O–H groups in total. The Bertz CT molecular complexity index is 125. The van der Waals surface area contributed by atoms with E-state index in [9.17, 15) is 0 Å². The molecular formula is C7H11NO. The zero-order chi connectivity index (χ0) is 6.27. The van der Waals surface area contributed by atoms with Crippen LogP contribution in [0.25, 0.3) is 0 Å². The highest BCUT2D eigenvalue weighted by Gasteiger charge is 2.46. The molecule has 9 heavy (non-hydrogen) atoms. The maximum Gasteiger partial charge on any atom is 0.0981 e. The van der Waals surface area contributed by atoms with Crippen LogP contribution in [0, 0.1) is 0 Å². The summed E-state index contributed by atoms with van der Waals surface area (Å²) in [5.41, 5.74) is 0. The molecule has 50 valence electrons. The molecule has 2 nitrogen and oxygen atoms in total. The first-order chi connectivity index (χ1) is 4.40. The highest BCUT2D eigenvalue weighted by Crippen LogP contribution is 2.29. The van der Waals surface area contributed by atoms with Gasteiger partial charge in [-0.1, -0.05) is 6.08 Å². The van der Waals surface area contributed by atoms with Crippen molar-refractivity contribution in [2.75, 3.05) is 19.6 Å². The second-order valence-electron chi connectivity index (χ2n) is 2.72. The minimum absolute atomic E-state index is 0.574. The van der Waals surface area contributed by atoms with E-state index in [0.717, 1.165) is 19.6 Å². The van der Waals surface area contributed by atoms with Crippen LogP contribution in [0.15, 0.2) is 12.7 Å². The minimum Gasteiger partial charge on any atom is -0.367 e. The van der Waals surface area contributed by atoms with Crippen molar-refractivity contribution >= 4 is 0 Å². The van der Waals surface area contributed by atoms with E-state index in [0.29, 0.717) is 12.2 Å². The number of hydrogen-bond acceptors (Lipinski definition) is 2. The molecule has 2 saturated heterocycles. The monoisotopic (exact) mass is 125 g/mol.